The summed E-state index contributed by atoms with van der Waals surface area (Å²) in [5, 5.41) is 14.3. The Bertz CT molecular complexity index is 350. The zero-order chi connectivity index (χ0) is 11.6. The summed E-state index contributed by atoms with van der Waals surface area (Å²) in [6, 6.07) is 0. The molecule has 3 N–H and O–H groups in total. The van der Waals surface area contributed by atoms with E-state index in [0.717, 1.165) is 32.2 Å². The maximum absolute atomic E-state index is 10.1. The van der Waals surface area contributed by atoms with Crippen LogP contribution in [0.2, 0.25) is 0 Å². The van der Waals surface area contributed by atoms with E-state index in [0.29, 0.717) is 6.54 Å². The molecular formula is C12H21N3O. The second-order valence-corrected chi connectivity index (χ2v) is 4.86. The van der Waals surface area contributed by atoms with E-state index in [-0.39, 0.29) is 11.5 Å². The number of hydrogen-bond donors (Lipinski definition) is 2. The number of aryl methyl sites for hydroxylation is 1. The minimum Gasteiger partial charge on any atom is -0.392 e. The van der Waals surface area contributed by atoms with Crippen molar-refractivity contribution in [3.8, 4) is 0 Å². The Hall–Kier alpha value is -0.870. The van der Waals surface area contributed by atoms with Gasteiger partial charge in [0.2, 0.25) is 0 Å². The molecule has 1 aromatic rings. The smallest absolute Gasteiger partial charge is 0.0611 e. The standard InChI is InChI=1S/C12H21N3O/c1-2-15-8-10(7-14-15)6-12(9-13)5-3-4-11(12)16/h7-8,11,16H,2-6,9,13H2,1H3. The first-order chi connectivity index (χ1) is 7.70. The third kappa shape index (κ3) is 1.99. The van der Waals surface area contributed by atoms with Crippen LogP contribution in [0.15, 0.2) is 12.4 Å². The first kappa shape index (κ1) is 11.6. The second kappa shape index (κ2) is 4.55. The molecule has 1 aliphatic rings. The third-order valence-electron chi connectivity index (χ3n) is 3.83. The van der Waals surface area contributed by atoms with Crippen LogP contribution in [-0.2, 0) is 13.0 Å². The lowest BCUT2D eigenvalue weighted by Gasteiger charge is -2.30. The average molecular weight is 223 g/mol. The van der Waals surface area contributed by atoms with Gasteiger partial charge in [0.1, 0.15) is 0 Å². The van der Waals surface area contributed by atoms with Gasteiger partial charge in [0, 0.05) is 24.7 Å². The maximum Gasteiger partial charge on any atom is 0.0611 e. The SMILES string of the molecule is CCn1cc(CC2(CN)CCCC2O)cn1. The zero-order valence-electron chi connectivity index (χ0n) is 9.89. The lowest BCUT2D eigenvalue weighted by Crippen LogP contribution is -2.39. The number of nitrogens with two attached hydrogens (primary N) is 1. The predicted molar refractivity (Wildman–Crippen MR) is 63.0 cm³/mol. The van der Waals surface area contributed by atoms with Gasteiger partial charge in [0.25, 0.3) is 0 Å². The van der Waals surface area contributed by atoms with Crippen molar-refractivity contribution >= 4 is 0 Å². The summed E-state index contributed by atoms with van der Waals surface area (Å²) in [5.74, 6) is 0. The molecule has 4 heteroatoms. The lowest BCUT2D eigenvalue weighted by atomic mass is 9.79. The zero-order valence-corrected chi connectivity index (χ0v) is 9.89. The highest BCUT2D eigenvalue weighted by atomic mass is 16.3. The molecule has 1 fully saturated rings. The molecule has 0 saturated heterocycles. The van der Waals surface area contributed by atoms with E-state index in [2.05, 4.69) is 18.2 Å². The van der Waals surface area contributed by atoms with Crippen LogP contribution in [0.5, 0.6) is 0 Å². The summed E-state index contributed by atoms with van der Waals surface area (Å²) in [7, 11) is 0. The van der Waals surface area contributed by atoms with Crippen molar-refractivity contribution in [3.05, 3.63) is 18.0 Å². The van der Waals surface area contributed by atoms with Crippen LogP contribution in [-0.4, -0.2) is 27.5 Å². The van der Waals surface area contributed by atoms with Gasteiger partial charge in [-0.3, -0.25) is 4.68 Å². The Kier molecular flexibility index (Phi) is 3.30. The number of hydrogen-bond acceptors (Lipinski definition) is 3. The van der Waals surface area contributed by atoms with E-state index in [4.69, 9.17) is 5.73 Å². The molecule has 0 aliphatic heterocycles. The van der Waals surface area contributed by atoms with Gasteiger partial charge < -0.3 is 10.8 Å². The fourth-order valence-corrected chi connectivity index (χ4v) is 2.71. The predicted octanol–water partition coefficient (Wildman–Crippen LogP) is 0.935. The summed E-state index contributed by atoms with van der Waals surface area (Å²) in [5.41, 5.74) is 6.94. The molecule has 0 spiro atoms. The van der Waals surface area contributed by atoms with Crippen LogP contribution >= 0.6 is 0 Å². The Morgan fingerprint density at radius 1 is 1.69 bits per heavy atom. The second-order valence-electron chi connectivity index (χ2n) is 4.86. The third-order valence-corrected chi connectivity index (χ3v) is 3.83. The Morgan fingerprint density at radius 3 is 3.00 bits per heavy atom. The van der Waals surface area contributed by atoms with E-state index in [9.17, 15) is 5.11 Å². The van der Waals surface area contributed by atoms with Crippen LogP contribution in [0.25, 0.3) is 0 Å². The molecule has 1 heterocycles. The molecule has 1 aliphatic carbocycles. The summed E-state index contributed by atoms with van der Waals surface area (Å²) in [6.45, 7) is 3.52. The lowest BCUT2D eigenvalue weighted by molar-refractivity contribution is 0.0588. The number of aliphatic hydroxyl groups is 1. The largest absolute Gasteiger partial charge is 0.392 e. The minimum absolute atomic E-state index is 0.110. The molecule has 16 heavy (non-hydrogen) atoms. The average Bonchev–Trinajstić information content (AvgIpc) is 2.88. The van der Waals surface area contributed by atoms with Gasteiger partial charge in [0.15, 0.2) is 0 Å². The summed E-state index contributed by atoms with van der Waals surface area (Å²) >= 11 is 0. The molecule has 2 unspecified atom stereocenters. The van der Waals surface area contributed by atoms with Crippen molar-refractivity contribution in [3.63, 3.8) is 0 Å². The Labute approximate surface area is 96.5 Å². The summed E-state index contributed by atoms with van der Waals surface area (Å²) in [4.78, 5) is 0. The summed E-state index contributed by atoms with van der Waals surface area (Å²) < 4.78 is 1.92. The summed E-state index contributed by atoms with van der Waals surface area (Å²) in [6.07, 6.45) is 7.56. The number of rotatable bonds is 4. The normalized spacial score (nSPS) is 29.8. The highest BCUT2D eigenvalue weighted by molar-refractivity contribution is 5.10. The van der Waals surface area contributed by atoms with Gasteiger partial charge in [-0.15, -0.1) is 0 Å². The monoisotopic (exact) mass is 223 g/mol. The molecule has 1 saturated carbocycles. The highest BCUT2D eigenvalue weighted by Crippen LogP contribution is 2.40. The minimum atomic E-state index is -0.248. The van der Waals surface area contributed by atoms with E-state index in [1.807, 2.05) is 10.9 Å². The Morgan fingerprint density at radius 2 is 2.50 bits per heavy atom. The molecule has 90 valence electrons. The van der Waals surface area contributed by atoms with Crippen molar-refractivity contribution in [2.45, 2.75) is 45.3 Å². The molecule has 4 nitrogen and oxygen atoms in total. The van der Waals surface area contributed by atoms with E-state index in [1.165, 1.54) is 5.56 Å². The van der Waals surface area contributed by atoms with Crippen LogP contribution in [0.3, 0.4) is 0 Å². The fourth-order valence-electron chi connectivity index (χ4n) is 2.71. The van der Waals surface area contributed by atoms with Crippen LogP contribution < -0.4 is 5.73 Å². The molecule has 0 aromatic carbocycles. The molecule has 2 rings (SSSR count). The molecule has 1 aromatic heterocycles. The first-order valence-electron chi connectivity index (χ1n) is 6.09. The van der Waals surface area contributed by atoms with E-state index >= 15 is 0 Å². The van der Waals surface area contributed by atoms with Crippen LogP contribution in [0.1, 0.15) is 31.7 Å². The Balaban J connectivity index is 2.12. The van der Waals surface area contributed by atoms with Crippen molar-refractivity contribution in [2.75, 3.05) is 6.54 Å². The molecular weight excluding hydrogens is 202 g/mol. The molecule has 0 radical (unpaired) electrons. The number of aliphatic hydroxyl groups excluding tert-OH is 1. The van der Waals surface area contributed by atoms with Gasteiger partial charge in [0.05, 0.1) is 12.3 Å². The molecule has 2 atom stereocenters. The van der Waals surface area contributed by atoms with Gasteiger partial charge in [-0.05, 0) is 31.7 Å². The van der Waals surface area contributed by atoms with Crippen molar-refractivity contribution in [2.24, 2.45) is 11.1 Å². The van der Waals surface area contributed by atoms with Gasteiger partial charge >= 0.3 is 0 Å². The van der Waals surface area contributed by atoms with Crippen molar-refractivity contribution in [1.82, 2.24) is 9.78 Å². The number of nitrogens with zero attached hydrogens (tertiary/aromatic N) is 2. The highest BCUT2D eigenvalue weighted by Gasteiger charge is 2.40. The van der Waals surface area contributed by atoms with Gasteiger partial charge in [-0.2, -0.15) is 5.10 Å². The van der Waals surface area contributed by atoms with Gasteiger partial charge in [-0.1, -0.05) is 6.42 Å². The quantitative estimate of drug-likeness (QED) is 0.798. The van der Waals surface area contributed by atoms with Crippen molar-refractivity contribution in [1.29, 1.82) is 0 Å². The first-order valence-corrected chi connectivity index (χ1v) is 6.09. The fraction of sp³-hybridized carbons (Fsp3) is 0.750. The van der Waals surface area contributed by atoms with E-state index in [1.54, 1.807) is 0 Å². The molecule has 0 amide bonds. The van der Waals surface area contributed by atoms with Crippen LogP contribution in [0, 0.1) is 5.41 Å². The van der Waals surface area contributed by atoms with E-state index < -0.39 is 0 Å². The van der Waals surface area contributed by atoms with Crippen LogP contribution in [0.4, 0.5) is 0 Å². The van der Waals surface area contributed by atoms with Gasteiger partial charge in [-0.25, -0.2) is 0 Å². The number of aromatic nitrogens is 2. The topological polar surface area (TPSA) is 64.1 Å². The molecule has 0 bridgehead atoms. The van der Waals surface area contributed by atoms with Crippen molar-refractivity contribution < 1.29 is 5.11 Å². The maximum atomic E-state index is 10.1.